The van der Waals surface area contributed by atoms with E-state index in [-0.39, 0.29) is 6.23 Å². The van der Waals surface area contributed by atoms with Crippen LogP contribution in [-0.2, 0) is 4.79 Å². The van der Waals surface area contributed by atoms with Crippen LogP contribution in [0.4, 0.5) is 0 Å². The van der Waals surface area contributed by atoms with Crippen LogP contribution in [0.2, 0.25) is 0 Å². The highest BCUT2D eigenvalue weighted by atomic mass is 16.5. The summed E-state index contributed by atoms with van der Waals surface area (Å²) in [5, 5.41) is 21.7. The van der Waals surface area contributed by atoms with Crippen LogP contribution in [0, 0.1) is 0 Å². The average Bonchev–Trinajstić information content (AvgIpc) is 2.35. The number of carbonyl (C=O) groups is 1. The highest BCUT2D eigenvalue weighted by molar-refractivity contribution is 5.75. The molecule has 1 rings (SSSR count). The van der Waals surface area contributed by atoms with Crippen molar-refractivity contribution in [2.75, 3.05) is 0 Å². The van der Waals surface area contributed by atoms with Gasteiger partial charge < -0.3 is 14.9 Å². The molecule has 0 heterocycles. The Kier molecular flexibility index (Phi) is 5.53. The Morgan fingerprint density at radius 3 is 2.60 bits per heavy atom. The SMILES string of the molecule is CCC(NC(C)(C)O)Oc1cccc(C(C)C(=O)O)c1. The van der Waals surface area contributed by atoms with Gasteiger partial charge in [-0.15, -0.1) is 0 Å². The maximum Gasteiger partial charge on any atom is 0.310 e. The van der Waals surface area contributed by atoms with Crippen molar-refractivity contribution in [3.05, 3.63) is 29.8 Å². The first-order valence-electron chi connectivity index (χ1n) is 6.72. The van der Waals surface area contributed by atoms with E-state index in [0.29, 0.717) is 17.7 Å². The summed E-state index contributed by atoms with van der Waals surface area (Å²) < 4.78 is 5.75. The molecule has 5 nitrogen and oxygen atoms in total. The molecule has 0 radical (unpaired) electrons. The lowest BCUT2D eigenvalue weighted by atomic mass is 10.0. The summed E-state index contributed by atoms with van der Waals surface area (Å²) in [5.74, 6) is -0.871. The molecule has 0 saturated heterocycles. The molecule has 0 spiro atoms. The molecule has 5 heteroatoms. The Hall–Kier alpha value is -1.59. The van der Waals surface area contributed by atoms with E-state index in [0.717, 1.165) is 0 Å². The number of rotatable bonds is 7. The molecule has 0 bridgehead atoms. The molecule has 1 aromatic carbocycles. The van der Waals surface area contributed by atoms with Gasteiger partial charge in [0.05, 0.1) is 5.92 Å². The summed E-state index contributed by atoms with van der Waals surface area (Å²) in [4.78, 5) is 11.0. The second-order valence-electron chi connectivity index (χ2n) is 5.35. The van der Waals surface area contributed by atoms with Crippen molar-refractivity contribution in [2.24, 2.45) is 0 Å². The molecule has 0 aliphatic carbocycles. The minimum atomic E-state index is -1.04. The third-order valence-electron chi connectivity index (χ3n) is 2.89. The largest absolute Gasteiger partial charge is 0.481 e. The molecule has 0 aromatic heterocycles. The first kappa shape index (κ1) is 16.5. The van der Waals surface area contributed by atoms with Crippen LogP contribution in [0.1, 0.15) is 45.6 Å². The molecule has 0 amide bonds. The Labute approximate surface area is 119 Å². The van der Waals surface area contributed by atoms with Gasteiger partial charge in [-0.25, -0.2) is 0 Å². The number of aliphatic carboxylic acids is 1. The first-order chi connectivity index (χ1) is 9.23. The van der Waals surface area contributed by atoms with Crippen LogP contribution in [0.15, 0.2) is 24.3 Å². The molecule has 2 atom stereocenters. The monoisotopic (exact) mass is 281 g/mol. The van der Waals surface area contributed by atoms with Crippen LogP contribution >= 0.6 is 0 Å². The summed E-state index contributed by atoms with van der Waals surface area (Å²) in [5.41, 5.74) is -0.347. The van der Waals surface area contributed by atoms with E-state index in [1.165, 1.54) is 0 Å². The van der Waals surface area contributed by atoms with Crippen molar-refractivity contribution in [2.45, 2.75) is 52.0 Å². The number of benzene rings is 1. The fourth-order valence-electron chi connectivity index (χ4n) is 1.77. The molecular formula is C15H23NO4. The van der Waals surface area contributed by atoms with Crippen molar-refractivity contribution in [1.29, 1.82) is 0 Å². The lowest BCUT2D eigenvalue weighted by Crippen LogP contribution is -2.48. The van der Waals surface area contributed by atoms with Gasteiger partial charge in [0.15, 0.2) is 6.23 Å². The predicted octanol–water partition coefficient (Wildman–Crippen LogP) is 2.31. The molecule has 112 valence electrons. The summed E-state index contributed by atoms with van der Waals surface area (Å²) in [6.45, 7) is 6.85. The van der Waals surface area contributed by atoms with E-state index in [1.54, 1.807) is 45.0 Å². The second-order valence-corrected chi connectivity index (χ2v) is 5.35. The maximum atomic E-state index is 11.0. The Morgan fingerprint density at radius 2 is 2.10 bits per heavy atom. The van der Waals surface area contributed by atoms with Gasteiger partial charge in [-0.1, -0.05) is 19.1 Å². The van der Waals surface area contributed by atoms with Crippen LogP contribution in [0.3, 0.4) is 0 Å². The van der Waals surface area contributed by atoms with Crippen molar-refractivity contribution in [3.8, 4) is 5.75 Å². The van der Waals surface area contributed by atoms with Gasteiger partial charge >= 0.3 is 5.97 Å². The normalized spacial score (nSPS) is 14.7. The zero-order chi connectivity index (χ0) is 15.3. The lowest BCUT2D eigenvalue weighted by molar-refractivity contribution is -0.138. The van der Waals surface area contributed by atoms with Gasteiger partial charge in [-0.2, -0.15) is 0 Å². The van der Waals surface area contributed by atoms with E-state index in [1.807, 2.05) is 6.92 Å². The molecule has 0 saturated carbocycles. The van der Waals surface area contributed by atoms with Crippen molar-refractivity contribution in [1.82, 2.24) is 5.32 Å². The third kappa shape index (κ3) is 5.19. The molecule has 0 aliphatic heterocycles. The van der Waals surface area contributed by atoms with Gasteiger partial charge in [0.2, 0.25) is 0 Å². The van der Waals surface area contributed by atoms with Crippen molar-refractivity contribution < 1.29 is 19.7 Å². The number of ether oxygens (including phenoxy) is 1. The predicted molar refractivity (Wildman–Crippen MR) is 76.6 cm³/mol. The van der Waals surface area contributed by atoms with Crippen LogP contribution in [0.5, 0.6) is 5.75 Å². The highest BCUT2D eigenvalue weighted by Gasteiger charge is 2.19. The Balaban J connectivity index is 2.81. The first-order valence-corrected chi connectivity index (χ1v) is 6.72. The van der Waals surface area contributed by atoms with Gasteiger partial charge in [-0.3, -0.25) is 10.1 Å². The van der Waals surface area contributed by atoms with E-state index in [4.69, 9.17) is 9.84 Å². The fourth-order valence-corrected chi connectivity index (χ4v) is 1.77. The Morgan fingerprint density at radius 1 is 1.45 bits per heavy atom. The van der Waals surface area contributed by atoms with E-state index < -0.39 is 17.6 Å². The summed E-state index contributed by atoms with van der Waals surface area (Å²) in [6.07, 6.45) is 0.327. The quantitative estimate of drug-likeness (QED) is 0.668. The zero-order valence-electron chi connectivity index (χ0n) is 12.4. The van der Waals surface area contributed by atoms with Gasteiger partial charge in [0, 0.05) is 0 Å². The molecule has 20 heavy (non-hydrogen) atoms. The average molecular weight is 281 g/mol. The second kappa shape index (κ2) is 6.72. The van der Waals surface area contributed by atoms with Crippen LogP contribution in [-0.4, -0.2) is 28.1 Å². The zero-order valence-corrected chi connectivity index (χ0v) is 12.4. The molecular weight excluding hydrogens is 258 g/mol. The molecule has 1 aromatic rings. The minimum Gasteiger partial charge on any atom is -0.481 e. The van der Waals surface area contributed by atoms with Crippen LogP contribution < -0.4 is 10.1 Å². The number of hydrogen-bond donors (Lipinski definition) is 3. The Bertz CT molecular complexity index is 453. The number of hydrogen-bond acceptors (Lipinski definition) is 4. The van der Waals surface area contributed by atoms with Gasteiger partial charge in [-0.05, 0) is 44.9 Å². The topological polar surface area (TPSA) is 78.8 Å². The summed E-state index contributed by atoms with van der Waals surface area (Å²) >= 11 is 0. The van der Waals surface area contributed by atoms with E-state index in [9.17, 15) is 9.90 Å². The maximum absolute atomic E-state index is 11.0. The smallest absolute Gasteiger partial charge is 0.310 e. The summed E-state index contributed by atoms with van der Waals surface area (Å²) in [6, 6.07) is 7.01. The number of aliphatic hydroxyl groups is 1. The summed E-state index contributed by atoms with van der Waals surface area (Å²) in [7, 11) is 0. The fraction of sp³-hybridized carbons (Fsp3) is 0.533. The van der Waals surface area contributed by atoms with Crippen LogP contribution in [0.25, 0.3) is 0 Å². The highest BCUT2D eigenvalue weighted by Crippen LogP contribution is 2.22. The minimum absolute atomic E-state index is 0.342. The van der Waals surface area contributed by atoms with E-state index >= 15 is 0 Å². The van der Waals surface area contributed by atoms with Gasteiger partial charge in [0.1, 0.15) is 11.5 Å². The van der Waals surface area contributed by atoms with Crippen molar-refractivity contribution >= 4 is 5.97 Å². The molecule has 0 fully saturated rings. The van der Waals surface area contributed by atoms with E-state index in [2.05, 4.69) is 5.32 Å². The number of nitrogens with one attached hydrogen (secondary N) is 1. The lowest BCUT2D eigenvalue weighted by Gasteiger charge is -2.27. The third-order valence-corrected chi connectivity index (χ3v) is 2.89. The van der Waals surface area contributed by atoms with Gasteiger partial charge in [0.25, 0.3) is 0 Å². The van der Waals surface area contributed by atoms with Crippen molar-refractivity contribution in [3.63, 3.8) is 0 Å². The number of carboxylic acids is 1. The molecule has 0 aliphatic rings. The molecule has 3 N–H and O–H groups in total. The standard InChI is InChI=1S/C15H23NO4/c1-5-13(16-15(3,4)19)20-12-8-6-7-11(9-12)10(2)14(17)18/h6-10,13,16,19H,5H2,1-4H3,(H,17,18). The molecule has 2 unspecified atom stereocenters. The number of carboxylic acid groups (broad SMARTS) is 1.